The molecule has 7 heteroatoms. The Balaban J connectivity index is 4.24. The van der Waals surface area contributed by atoms with Gasteiger partial charge in [-0.2, -0.15) is 0 Å². The number of nitrogens with zero attached hydrogens (tertiary/aromatic N) is 2. The number of carboxylic acids is 1. The first kappa shape index (κ1) is 17.2. The third kappa shape index (κ3) is 7.28. The molecule has 0 saturated heterocycles. The van der Waals surface area contributed by atoms with Crippen LogP contribution in [0.3, 0.4) is 0 Å². The maximum absolute atomic E-state index is 12.0. The third-order valence-corrected chi connectivity index (χ3v) is 2.57. The molecule has 3 amide bonds. The lowest BCUT2D eigenvalue weighted by atomic mass is 10.3. The van der Waals surface area contributed by atoms with Gasteiger partial charge in [0.05, 0.1) is 0 Å². The summed E-state index contributed by atoms with van der Waals surface area (Å²) in [5.41, 5.74) is 0. The standard InChI is InChI=1S/C12H23N3O4/c1-4-13-10(16)9-15(5-2)12(19)14(3)8-6-7-11(17)18/h4-9H2,1-3H3,(H,13,16)(H,17,18). The largest absolute Gasteiger partial charge is 0.481 e. The Labute approximate surface area is 113 Å². The van der Waals surface area contributed by atoms with Crippen LogP contribution in [0.2, 0.25) is 0 Å². The molecule has 7 nitrogen and oxygen atoms in total. The number of hydrogen-bond acceptors (Lipinski definition) is 3. The van der Waals surface area contributed by atoms with E-state index in [0.717, 1.165) is 0 Å². The normalized spacial score (nSPS) is 9.84. The van der Waals surface area contributed by atoms with Gasteiger partial charge in [0.2, 0.25) is 5.91 Å². The molecule has 0 heterocycles. The molecule has 0 aromatic rings. The van der Waals surface area contributed by atoms with Crippen LogP contribution in [0.25, 0.3) is 0 Å². The average molecular weight is 273 g/mol. The molecule has 0 aromatic carbocycles. The Morgan fingerprint density at radius 3 is 2.32 bits per heavy atom. The predicted octanol–water partition coefficient (Wildman–Crippen LogP) is 0.361. The molecule has 0 saturated carbocycles. The minimum absolute atomic E-state index is 0.0203. The number of carbonyl (C=O) groups excluding carboxylic acids is 2. The van der Waals surface area contributed by atoms with Crippen molar-refractivity contribution in [2.24, 2.45) is 0 Å². The van der Waals surface area contributed by atoms with Crippen LogP contribution < -0.4 is 5.32 Å². The van der Waals surface area contributed by atoms with E-state index < -0.39 is 5.97 Å². The monoisotopic (exact) mass is 273 g/mol. The van der Waals surface area contributed by atoms with Crippen LogP contribution in [-0.2, 0) is 9.59 Å². The van der Waals surface area contributed by atoms with Crippen LogP contribution in [0.5, 0.6) is 0 Å². The Morgan fingerprint density at radius 2 is 1.84 bits per heavy atom. The summed E-state index contributed by atoms with van der Waals surface area (Å²) in [6, 6.07) is -0.265. The summed E-state index contributed by atoms with van der Waals surface area (Å²) in [4.78, 5) is 36.7. The molecule has 0 radical (unpaired) electrons. The van der Waals surface area contributed by atoms with Crippen LogP contribution in [0.1, 0.15) is 26.7 Å². The smallest absolute Gasteiger partial charge is 0.320 e. The van der Waals surface area contributed by atoms with E-state index in [1.54, 1.807) is 14.0 Å². The molecule has 19 heavy (non-hydrogen) atoms. The van der Waals surface area contributed by atoms with Gasteiger partial charge in [-0.15, -0.1) is 0 Å². The van der Waals surface area contributed by atoms with Crippen LogP contribution in [0, 0.1) is 0 Å². The molecule has 0 atom stereocenters. The Morgan fingerprint density at radius 1 is 1.21 bits per heavy atom. The van der Waals surface area contributed by atoms with Gasteiger partial charge in [0.15, 0.2) is 0 Å². The topological polar surface area (TPSA) is 90.0 Å². The zero-order valence-electron chi connectivity index (χ0n) is 11.8. The third-order valence-electron chi connectivity index (χ3n) is 2.57. The number of aliphatic carboxylic acids is 1. The van der Waals surface area contributed by atoms with E-state index in [4.69, 9.17) is 5.11 Å². The molecule has 0 rings (SSSR count). The van der Waals surface area contributed by atoms with Crippen molar-refractivity contribution in [1.82, 2.24) is 15.1 Å². The fourth-order valence-electron chi connectivity index (χ4n) is 1.55. The van der Waals surface area contributed by atoms with Gasteiger partial charge in [0.1, 0.15) is 6.54 Å². The van der Waals surface area contributed by atoms with Crippen molar-refractivity contribution >= 4 is 17.9 Å². The minimum atomic E-state index is -0.879. The van der Waals surface area contributed by atoms with E-state index >= 15 is 0 Å². The molecule has 0 aliphatic rings. The number of rotatable bonds is 8. The summed E-state index contributed by atoms with van der Waals surface area (Å²) in [6.45, 7) is 4.94. The first-order valence-electron chi connectivity index (χ1n) is 6.40. The number of carboxylic acid groups (broad SMARTS) is 1. The number of nitrogens with one attached hydrogen (secondary N) is 1. The lowest BCUT2D eigenvalue weighted by Crippen LogP contribution is -2.46. The highest BCUT2D eigenvalue weighted by Gasteiger charge is 2.18. The highest BCUT2D eigenvalue weighted by Crippen LogP contribution is 2.00. The van der Waals surface area contributed by atoms with Crippen molar-refractivity contribution in [3.63, 3.8) is 0 Å². The van der Waals surface area contributed by atoms with Gasteiger partial charge in [-0.25, -0.2) is 4.79 Å². The fraction of sp³-hybridized carbons (Fsp3) is 0.750. The number of hydrogen-bond donors (Lipinski definition) is 2. The summed E-state index contributed by atoms with van der Waals surface area (Å²) in [5.74, 6) is -1.08. The van der Waals surface area contributed by atoms with E-state index in [9.17, 15) is 14.4 Å². The number of urea groups is 1. The predicted molar refractivity (Wildman–Crippen MR) is 70.8 cm³/mol. The van der Waals surface area contributed by atoms with E-state index in [1.807, 2.05) is 6.92 Å². The molecule has 0 unspecified atom stereocenters. The summed E-state index contributed by atoms with van der Waals surface area (Å²) in [7, 11) is 1.60. The van der Waals surface area contributed by atoms with Gasteiger partial charge in [-0.05, 0) is 20.3 Å². The second-order valence-electron chi connectivity index (χ2n) is 4.17. The van der Waals surface area contributed by atoms with Crippen LogP contribution in [0.4, 0.5) is 4.79 Å². The van der Waals surface area contributed by atoms with Crippen LogP contribution >= 0.6 is 0 Å². The van der Waals surface area contributed by atoms with Gasteiger partial charge in [-0.1, -0.05) is 0 Å². The summed E-state index contributed by atoms with van der Waals surface area (Å²) >= 11 is 0. The first-order valence-corrected chi connectivity index (χ1v) is 6.40. The SMILES string of the molecule is CCNC(=O)CN(CC)C(=O)N(C)CCCC(=O)O. The maximum Gasteiger partial charge on any atom is 0.320 e. The molecule has 0 spiro atoms. The van der Waals surface area contributed by atoms with E-state index in [2.05, 4.69) is 5.32 Å². The molecule has 2 N–H and O–H groups in total. The molecule has 0 fully saturated rings. The van der Waals surface area contributed by atoms with Crippen molar-refractivity contribution in [2.75, 3.05) is 33.2 Å². The first-order chi connectivity index (χ1) is 8.92. The number of carbonyl (C=O) groups is 3. The number of amides is 3. The van der Waals surface area contributed by atoms with Crippen LogP contribution in [-0.4, -0.2) is 66.0 Å². The van der Waals surface area contributed by atoms with E-state index in [-0.39, 0.29) is 24.9 Å². The summed E-state index contributed by atoms with van der Waals surface area (Å²) in [5, 5.41) is 11.2. The van der Waals surface area contributed by atoms with Crippen molar-refractivity contribution in [2.45, 2.75) is 26.7 Å². The highest BCUT2D eigenvalue weighted by molar-refractivity contribution is 5.83. The fourth-order valence-corrected chi connectivity index (χ4v) is 1.55. The molecule has 0 aliphatic carbocycles. The van der Waals surface area contributed by atoms with Gasteiger partial charge in [-0.3, -0.25) is 9.59 Å². The average Bonchev–Trinajstić information content (AvgIpc) is 2.34. The molecule has 0 aromatic heterocycles. The number of likely N-dealkylation sites (N-methyl/N-ethyl adjacent to an activating group) is 2. The van der Waals surface area contributed by atoms with Gasteiger partial charge >= 0.3 is 12.0 Å². The Bertz CT molecular complexity index is 320. The summed E-state index contributed by atoms with van der Waals surface area (Å²) < 4.78 is 0. The van der Waals surface area contributed by atoms with Gasteiger partial charge in [0.25, 0.3) is 0 Å². The van der Waals surface area contributed by atoms with Gasteiger partial charge in [0, 0.05) is 33.1 Å². The van der Waals surface area contributed by atoms with Gasteiger partial charge < -0.3 is 20.2 Å². The zero-order valence-corrected chi connectivity index (χ0v) is 11.8. The quantitative estimate of drug-likeness (QED) is 0.668. The molecular formula is C12H23N3O4. The lowest BCUT2D eigenvalue weighted by Gasteiger charge is -2.26. The second-order valence-corrected chi connectivity index (χ2v) is 4.17. The van der Waals surface area contributed by atoms with Crippen LogP contribution in [0.15, 0.2) is 0 Å². The Hall–Kier alpha value is -1.79. The van der Waals surface area contributed by atoms with Crippen molar-refractivity contribution in [3.8, 4) is 0 Å². The second kappa shape index (κ2) is 9.18. The highest BCUT2D eigenvalue weighted by atomic mass is 16.4. The maximum atomic E-state index is 12.0. The van der Waals surface area contributed by atoms with E-state index in [0.29, 0.717) is 26.1 Å². The molecule has 0 aliphatic heterocycles. The summed E-state index contributed by atoms with van der Waals surface area (Å²) in [6.07, 6.45) is 0.427. The van der Waals surface area contributed by atoms with Crippen molar-refractivity contribution < 1.29 is 19.5 Å². The minimum Gasteiger partial charge on any atom is -0.481 e. The Kier molecular flexibility index (Phi) is 8.32. The molecule has 110 valence electrons. The molecular weight excluding hydrogens is 250 g/mol. The van der Waals surface area contributed by atoms with Crippen molar-refractivity contribution in [1.29, 1.82) is 0 Å². The zero-order chi connectivity index (χ0) is 14.8. The van der Waals surface area contributed by atoms with Crippen molar-refractivity contribution in [3.05, 3.63) is 0 Å². The molecule has 0 bridgehead atoms. The lowest BCUT2D eigenvalue weighted by molar-refractivity contribution is -0.137. The van der Waals surface area contributed by atoms with E-state index in [1.165, 1.54) is 9.80 Å².